The Hall–Kier alpha value is -2.22. The van der Waals surface area contributed by atoms with E-state index in [0.717, 1.165) is 12.8 Å². The van der Waals surface area contributed by atoms with Gasteiger partial charge in [-0.2, -0.15) is 5.26 Å². The standard InChI is InChI=1S/C14H18N2O3/c1-3-4-11(7-14(17)18)16-13-8-12(19-2)6-5-10(13)9-15/h5-6,8,11,16H,3-4,7H2,1-2H3,(H,17,18). The van der Waals surface area contributed by atoms with Crippen molar-refractivity contribution >= 4 is 11.7 Å². The average molecular weight is 262 g/mol. The van der Waals surface area contributed by atoms with Gasteiger partial charge >= 0.3 is 5.97 Å². The molecule has 0 saturated carbocycles. The van der Waals surface area contributed by atoms with Crippen molar-refractivity contribution < 1.29 is 14.6 Å². The molecule has 19 heavy (non-hydrogen) atoms. The Morgan fingerprint density at radius 2 is 2.32 bits per heavy atom. The number of aliphatic carboxylic acids is 1. The first kappa shape index (κ1) is 14.8. The van der Waals surface area contributed by atoms with Crippen LogP contribution in [0, 0.1) is 11.3 Å². The molecule has 0 amide bonds. The van der Waals surface area contributed by atoms with Crippen LogP contribution in [-0.4, -0.2) is 24.2 Å². The third kappa shape index (κ3) is 4.51. The van der Waals surface area contributed by atoms with Gasteiger partial charge in [-0.1, -0.05) is 13.3 Å². The zero-order valence-electron chi connectivity index (χ0n) is 11.1. The molecule has 0 fully saturated rings. The van der Waals surface area contributed by atoms with Crippen LogP contribution >= 0.6 is 0 Å². The summed E-state index contributed by atoms with van der Waals surface area (Å²) in [7, 11) is 1.55. The van der Waals surface area contributed by atoms with Crippen LogP contribution in [0.2, 0.25) is 0 Å². The second-order valence-electron chi connectivity index (χ2n) is 4.25. The summed E-state index contributed by atoms with van der Waals surface area (Å²) in [6, 6.07) is 6.96. The van der Waals surface area contributed by atoms with E-state index in [1.165, 1.54) is 0 Å². The molecule has 0 saturated heterocycles. The van der Waals surface area contributed by atoms with E-state index in [2.05, 4.69) is 11.4 Å². The van der Waals surface area contributed by atoms with Crippen LogP contribution in [0.15, 0.2) is 18.2 Å². The molecule has 5 heteroatoms. The van der Waals surface area contributed by atoms with Gasteiger partial charge in [-0.25, -0.2) is 0 Å². The summed E-state index contributed by atoms with van der Waals surface area (Å²) in [5.41, 5.74) is 1.09. The summed E-state index contributed by atoms with van der Waals surface area (Å²) in [6.45, 7) is 1.99. The van der Waals surface area contributed by atoms with Gasteiger partial charge in [0, 0.05) is 12.1 Å². The van der Waals surface area contributed by atoms with E-state index >= 15 is 0 Å². The topological polar surface area (TPSA) is 82.3 Å². The number of ether oxygens (including phenoxy) is 1. The minimum Gasteiger partial charge on any atom is -0.497 e. The first-order valence-corrected chi connectivity index (χ1v) is 6.17. The molecule has 1 unspecified atom stereocenters. The summed E-state index contributed by atoms with van der Waals surface area (Å²) < 4.78 is 5.11. The molecule has 0 aromatic heterocycles. The number of anilines is 1. The third-order valence-electron chi connectivity index (χ3n) is 2.76. The monoisotopic (exact) mass is 262 g/mol. The van der Waals surface area contributed by atoms with Gasteiger partial charge in [-0.3, -0.25) is 4.79 Å². The number of methoxy groups -OCH3 is 1. The predicted octanol–water partition coefficient (Wildman–Crippen LogP) is 2.62. The van der Waals surface area contributed by atoms with Crippen LogP contribution in [0.5, 0.6) is 5.75 Å². The molecule has 1 atom stereocenters. The summed E-state index contributed by atoms with van der Waals surface area (Å²) in [6.07, 6.45) is 1.63. The number of rotatable bonds is 7. The smallest absolute Gasteiger partial charge is 0.305 e. The molecule has 0 aliphatic carbocycles. The fourth-order valence-electron chi connectivity index (χ4n) is 1.87. The van der Waals surface area contributed by atoms with Crippen LogP contribution < -0.4 is 10.1 Å². The van der Waals surface area contributed by atoms with E-state index in [0.29, 0.717) is 17.0 Å². The second-order valence-corrected chi connectivity index (χ2v) is 4.25. The minimum absolute atomic E-state index is 0.0237. The van der Waals surface area contributed by atoms with Crippen LogP contribution in [0.25, 0.3) is 0 Å². The van der Waals surface area contributed by atoms with Gasteiger partial charge in [0.1, 0.15) is 11.8 Å². The van der Waals surface area contributed by atoms with Crippen molar-refractivity contribution in [2.45, 2.75) is 32.2 Å². The average Bonchev–Trinajstić information content (AvgIpc) is 2.38. The second kappa shape index (κ2) is 7.27. The third-order valence-corrected chi connectivity index (χ3v) is 2.76. The molecule has 0 radical (unpaired) electrons. The first-order valence-electron chi connectivity index (χ1n) is 6.17. The van der Waals surface area contributed by atoms with Gasteiger partial charge in [0.15, 0.2) is 0 Å². The van der Waals surface area contributed by atoms with E-state index in [1.54, 1.807) is 25.3 Å². The quantitative estimate of drug-likeness (QED) is 0.789. The van der Waals surface area contributed by atoms with Crippen LogP contribution in [0.3, 0.4) is 0 Å². The molecule has 1 rings (SSSR count). The van der Waals surface area contributed by atoms with Crippen molar-refractivity contribution in [3.8, 4) is 11.8 Å². The highest BCUT2D eigenvalue weighted by Gasteiger charge is 2.14. The van der Waals surface area contributed by atoms with Gasteiger partial charge in [-0.05, 0) is 18.6 Å². The number of hydrogen-bond acceptors (Lipinski definition) is 4. The number of nitrogens with zero attached hydrogens (tertiary/aromatic N) is 1. The van der Waals surface area contributed by atoms with Gasteiger partial charge in [0.05, 0.1) is 24.8 Å². The van der Waals surface area contributed by atoms with Crippen LogP contribution in [0.4, 0.5) is 5.69 Å². The molecular weight excluding hydrogens is 244 g/mol. The fraction of sp³-hybridized carbons (Fsp3) is 0.429. The number of nitriles is 1. The Morgan fingerprint density at radius 3 is 2.84 bits per heavy atom. The molecule has 0 spiro atoms. The number of carbonyl (C=O) groups is 1. The molecule has 1 aromatic rings. The van der Waals surface area contributed by atoms with Crippen molar-refractivity contribution in [3.05, 3.63) is 23.8 Å². The van der Waals surface area contributed by atoms with Gasteiger partial charge in [0.2, 0.25) is 0 Å². The maximum Gasteiger partial charge on any atom is 0.305 e. The Balaban J connectivity index is 2.93. The maximum absolute atomic E-state index is 10.8. The predicted molar refractivity (Wildman–Crippen MR) is 72.3 cm³/mol. The summed E-state index contributed by atoms with van der Waals surface area (Å²) >= 11 is 0. The van der Waals surface area contributed by atoms with Crippen molar-refractivity contribution in [3.63, 3.8) is 0 Å². The van der Waals surface area contributed by atoms with Crippen molar-refractivity contribution in [1.29, 1.82) is 5.26 Å². The molecule has 0 bridgehead atoms. The lowest BCUT2D eigenvalue weighted by Crippen LogP contribution is -2.23. The molecule has 5 nitrogen and oxygen atoms in total. The molecule has 0 aliphatic heterocycles. The highest BCUT2D eigenvalue weighted by Crippen LogP contribution is 2.23. The van der Waals surface area contributed by atoms with Crippen molar-refractivity contribution in [1.82, 2.24) is 0 Å². The maximum atomic E-state index is 10.8. The zero-order chi connectivity index (χ0) is 14.3. The Kier molecular flexibility index (Phi) is 5.68. The first-order chi connectivity index (χ1) is 9.10. The normalized spacial score (nSPS) is 11.4. The summed E-state index contributed by atoms with van der Waals surface area (Å²) in [4.78, 5) is 10.8. The molecular formula is C14H18N2O3. The van der Waals surface area contributed by atoms with Gasteiger partial charge < -0.3 is 15.2 Å². The van der Waals surface area contributed by atoms with E-state index in [9.17, 15) is 4.79 Å². The Morgan fingerprint density at radius 1 is 1.58 bits per heavy atom. The Bertz CT molecular complexity index is 480. The zero-order valence-corrected chi connectivity index (χ0v) is 11.1. The van der Waals surface area contributed by atoms with Gasteiger partial charge in [0.25, 0.3) is 0 Å². The number of carboxylic acid groups (broad SMARTS) is 1. The largest absolute Gasteiger partial charge is 0.497 e. The summed E-state index contributed by atoms with van der Waals surface area (Å²) in [5.74, 6) is -0.223. The lowest BCUT2D eigenvalue weighted by atomic mass is 10.1. The highest BCUT2D eigenvalue weighted by molar-refractivity contribution is 5.69. The molecule has 0 aliphatic rings. The summed E-state index contributed by atoms with van der Waals surface area (Å²) in [5, 5.41) is 21.1. The lowest BCUT2D eigenvalue weighted by molar-refractivity contribution is -0.137. The molecule has 102 valence electrons. The Labute approximate surface area is 112 Å². The van der Waals surface area contributed by atoms with Crippen molar-refractivity contribution in [2.24, 2.45) is 0 Å². The lowest BCUT2D eigenvalue weighted by Gasteiger charge is -2.18. The molecule has 1 aromatic carbocycles. The molecule has 0 heterocycles. The van der Waals surface area contributed by atoms with E-state index in [4.69, 9.17) is 15.1 Å². The van der Waals surface area contributed by atoms with Crippen LogP contribution in [0.1, 0.15) is 31.7 Å². The minimum atomic E-state index is -0.854. The van der Waals surface area contributed by atoms with E-state index < -0.39 is 5.97 Å². The number of nitrogens with one attached hydrogen (secondary N) is 1. The SMILES string of the molecule is CCCC(CC(=O)O)Nc1cc(OC)ccc1C#N. The van der Waals surface area contributed by atoms with E-state index in [1.807, 2.05) is 6.92 Å². The highest BCUT2D eigenvalue weighted by atomic mass is 16.5. The van der Waals surface area contributed by atoms with Crippen LogP contribution in [-0.2, 0) is 4.79 Å². The number of hydrogen-bond donors (Lipinski definition) is 2. The number of benzene rings is 1. The fourth-order valence-corrected chi connectivity index (χ4v) is 1.87. The van der Waals surface area contributed by atoms with Crippen molar-refractivity contribution in [2.75, 3.05) is 12.4 Å². The molecule has 2 N–H and O–H groups in total. The van der Waals surface area contributed by atoms with E-state index in [-0.39, 0.29) is 12.5 Å². The van der Waals surface area contributed by atoms with Gasteiger partial charge in [-0.15, -0.1) is 0 Å². The number of carboxylic acids is 1.